The molecule has 6 heteroatoms. The van der Waals surface area contributed by atoms with Crippen LogP contribution in [0.4, 0.5) is 10.5 Å². The number of benzene rings is 2. The minimum atomic E-state index is -0.513. The average molecular weight is 382 g/mol. The van der Waals surface area contributed by atoms with Gasteiger partial charge in [0.2, 0.25) is 0 Å². The molecule has 0 aliphatic carbocycles. The normalized spacial score (nSPS) is 14.6. The fourth-order valence-corrected chi connectivity index (χ4v) is 3.48. The molecule has 0 spiro atoms. The summed E-state index contributed by atoms with van der Waals surface area (Å²) in [5.74, 6) is 0.00227. The first-order valence-corrected chi connectivity index (χ1v) is 9.78. The molecule has 2 N–H and O–H groups in total. The highest BCUT2D eigenvalue weighted by Gasteiger charge is 2.25. The first-order valence-electron chi connectivity index (χ1n) is 9.78. The lowest BCUT2D eigenvalue weighted by molar-refractivity contribution is -0.917. The van der Waals surface area contributed by atoms with E-state index in [9.17, 15) is 9.59 Å². The molecule has 1 fully saturated rings. The van der Waals surface area contributed by atoms with Crippen molar-refractivity contribution >= 4 is 17.7 Å². The molecule has 2 aromatic rings. The van der Waals surface area contributed by atoms with Crippen LogP contribution < -0.4 is 10.2 Å². The van der Waals surface area contributed by atoms with Gasteiger partial charge < -0.3 is 14.5 Å². The minimum Gasteiger partial charge on any atom is -0.450 e. The largest absolute Gasteiger partial charge is 0.450 e. The molecule has 6 nitrogen and oxygen atoms in total. The van der Waals surface area contributed by atoms with Crippen molar-refractivity contribution in [3.8, 4) is 0 Å². The molecule has 1 saturated heterocycles. The van der Waals surface area contributed by atoms with Gasteiger partial charge in [-0.1, -0.05) is 30.3 Å². The number of piperazine rings is 1. The maximum Gasteiger partial charge on any atom is 0.411 e. The van der Waals surface area contributed by atoms with Gasteiger partial charge in [-0.15, -0.1) is 0 Å². The van der Waals surface area contributed by atoms with Gasteiger partial charge in [-0.3, -0.25) is 10.1 Å². The summed E-state index contributed by atoms with van der Waals surface area (Å²) in [5, 5.41) is 2.64. The Morgan fingerprint density at radius 3 is 2.57 bits per heavy atom. The summed E-state index contributed by atoms with van der Waals surface area (Å²) < 4.78 is 4.88. The first-order chi connectivity index (χ1) is 13.6. The van der Waals surface area contributed by atoms with E-state index in [-0.39, 0.29) is 5.91 Å². The molecule has 1 aliphatic heterocycles. The number of nitrogens with zero attached hydrogens (tertiary/aromatic N) is 1. The lowest BCUT2D eigenvalue weighted by Crippen LogP contribution is -3.13. The molecule has 0 saturated carbocycles. The second kappa shape index (κ2) is 9.37. The first kappa shape index (κ1) is 19.9. The highest BCUT2D eigenvalue weighted by Crippen LogP contribution is 2.13. The maximum atomic E-state index is 12.9. The van der Waals surface area contributed by atoms with Crippen molar-refractivity contribution in [2.24, 2.45) is 0 Å². The second-order valence-electron chi connectivity index (χ2n) is 7.07. The Bertz CT molecular complexity index is 829. The number of quaternary nitrogens is 1. The summed E-state index contributed by atoms with van der Waals surface area (Å²) in [4.78, 5) is 27.8. The Kier molecular flexibility index (Phi) is 6.66. The molecule has 28 heavy (non-hydrogen) atoms. The molecule has 3 rings (SSSR count). The zero-order chi connectivity index (χ0) is 19.9. The van der Waals surface area contributed by atoms with Gasteiger partial charge in [-0.05, 0) is 37.6 Å². The standard InChI is InChI=1S/C22H27N3O3/c1-3-28-22(27)23-20-10-6-9-18(15-20)21(26)25-13-11-24(12-14-25)16-19-8-5-4-7-17(19)2/h4-10,15H,3,11-14,16H2,1-2H3,(H,23,27)/p+1. The summed E-state index contributed by atoms with van der Waals surface area (Å²) >= 11 is 0. The molecule has 1 aliphatic rings. The highest BCUT2D eigenvalue weighted by molar-refractivity contribution is 5.96. The van der Waals surface area contributed by atoms with Crippen LogP contribution in [0.15, 0.2) is 48.5 Å². The summed E-state index contributed by atoms with van der Waals surface area (Å²) in [5.41, 5.74) is 3.83. The van der Waals surface area contributed by atoms with E-state index in [0.29, 0.717) is 17.9 Å². The number of carbonyl (C=O) groups is 2. The van der Waals surface area contributed by atoms with Crippen LogP contribution in [0.1, 0.15) is 28.4 Å². The van der Waals surface area contributed by atoms with Crippen molar-refractivity contribution in [3.05, 3.63) is 65.2 Å². The molecular weight excluding hydrogens is 354 g/mol. The van der Waals surface area contributed by atoms with Crippen LogP contribution in [0.3, 0.4) is 0 Å². The quantitative estimate of drug-likeness (QED) is 0.833. The summed E-state index contributed by atoms with van der Waals surface area (Å²) in [6.07, 6.45) is -0.513. The van der Waals surface area contributed by atoms with Gasteiger partial charge in [0.15, 0.2) is 0 Å². The third-order valence-electron chi connectivity index (χ3n) is 5.09. The maximum absolute atomic E-state index is 12.9. The Labute approximate surface area is 166 Å². The molecule has 2 amide bonds. The number of ether oxygens (including phenoxy) is 1. The van der Waals surface area contributed by atoms with E-state index in [1.165, 1.54) is 16.0 Å². The van der Waals surface area contributed by atoms with E-state index >= 15 is 0 Å². The van der Waals surface area contributed by atoms with Gasteiger partial charge in [-0.25, -0.2) is 4.79 Å². The van der Waals surface area contributed by atoms with Crippen LogP contribution in [0.2, 0.25) is 0 Å². The Morgan fingerprint density at radius 1 is 1.11 bits per heavy atom. The molecule has 148 valence electrons. The van der Waals surface area contributed by atoms with Crippen LogP contribution in [0, 0.1) is 6.92 Å². The molecule has 0 bridgehead atoms. The van der Waals surface area contributed by atoms with Crippen molar-refractivity contribution in [3.63, 3.8) is 0 Å². The number of nitrogens with one attached hydrogen (secondary N) is 2. The van der Waals surface area contributed by atoms with Crippen molar-refractivity contribution in [2.45, 2.75) is 20.4 Å². The highest BCUT2D eigenvalue weighted by atomic mass is 16.5. The van der Waals surface area contributed by atoms with Crippen molar-refractivity contribution in [1.29, 1.82) is 0 Å². The zero-order valence-corrected chi connectivity index (χ0v) is 16.5. The molecule has 0 unspecified atom stereocenters. The lowest BCUT2D eigenvalue weighted by Gasteiger charge is -2.32. The van der Waals surface area contributed by atoms with E-state index < -0.39 is 6.09 Å². The predicted molar refractivity (Wildman–Crippen MR) is 109 cm³/mol. The van der Waals surface area contributed by atoms with Crippen molar-refractivity contribution in [2.75, 3.05) is 38.1 Å². The topological polar surface area (TPSA) is 63.1 Å². The SMILES string of the molecule is CCOC(=O)Nc1cccc(C(=O)N2CC[NH+](Cc3ccccc3C)CC2)c1. The number of carbonyl (C=O) groups excluding carboxylic acids is 2. The zero-order valence-electron chi connectivity index (χ0n) is 16.5. The van der Waals surface area contributed by atoms with Crippen LogP contribution in [0.5, 0.6) is 0 Å². The van der Waals surface area contributed by atoms with E-state index in [1.54, 1.807) is 31.2 Å². The number of rotatable bonds is 5. The summed E-state index contributed by atoms with van der Waals surface area (Å²) in [7, 11) is 0. The summed E-state index contributed by atoms with van der Waals surface area (Å²) in [6, 6.07) is 15.5. The number of aryl methyl sites for hydroxylation is 1. The van der Waals surface area contributed by atoms with Crippen LogP contribution >= 0.6 is 0 Å². The Hall–Kier alpha value is -2.86. The van der Waals surface area contributed by atoms with Gasteiger partial charge in [0.25, 0.3) is 5.91 Å². The van der Waals surface area contributed by atoms with Crippen LogP contribution in [-0.2, 0) is 11.3 Å². The third-order valence-corrected chi connectivity index (χ3v) is 5.09. The van der Waals surface area contributed by atoms with E-state index in [0.717, 1.165) is 32.7 Å². The third kappa shape index (κ3) is 5.10. The van der Waals surface area contributed by atoms with Gasteiger partial charge >= 0.3 is 6.09 Å². The van der Waals surface area contributed by atoms with E-state index in [4.69, 9.17) is 4.74 Å². The molecule has 1 heterocycles. The Balaban J connectivity index is 1.56. The predicted octanol–water partition coefficient (Wildman–Crippen LogP) is 2.10. The van der Waals surface area contributed by atoms with Gasteiger partial charge in [-0.2, -0.15) is 0 Å². The number of amides is 2. The fraction of sp³-hybridized carbons (Fsp3) is 0.364. The number of hydrogen-bond acceptors (Lipinski definition) is 3. The van der Waals surface area contributed by atoms with Gasteiger partial charge in [0, 0.05) is 16.8 Å². The van der Waals surface area contributed by atoms with E-state index in [2.05, 4.69) is 36.5 Å². The second-order valence-corrected chi connectivity index (χ2v) is 7.07. The van der Waals surface area contributed by atoms with Crippen molar-refractivity contribution < 1.29 is 19.2 Å². The van der Waals surface area contributed by atoms with Crippen LogP contribution in [-0.4, -0.2) is 49.7 Å². The van der Waals surface area contributed by atoms with E-state index in [1.807, 2.05) is 4.90 Å². The summed E-state index contributed by atoms with van der Waals surface area (Å²) in [6.45, 7) is 8.52. The molecule has 0 radical (unpaired) electrons. The minimum absolute atomic E-state index is 0.00227. The number of hydrogen-bond donors (Lipinski definition) is 2. The van der Waals surface area contributed by atoms with Gasteiger partial charge in [0.1, 0.15) is 6.54 Å². The fourth-order valence-electron chi connectivity index (χ4n) is 3.48. The molecule has 2 aromatic carbocycles. The lowest BCUT2D eigenvalue weighted by atomic mass is 10.1. The molecule has 0 aromatic heterocycles. The molecule has 0 atom stereocenters. The van der Waals surface area contributed by atoms with Crippen molar-refractivity contribution in [1.82, 2.24) is 4.90 Å². The molecular formula is C22H28N3O3+. The Morgan fingerprint density at radius 2 is 1.86 bits per heavy atom. The monoisotopic (exact) mass is 382 g/mol. The smallest absolute Gasteiger partial charge is 0.411 e. The number of anilines is 1. The average Bonchev–Trinajstić information content (AvgIpc) is 2.70. The van der Waals surface area contributed by atoms with Gasteiger partial charge in [0.05, 0.1) is 32.8 Å². The van der Waals surface area contributed by atoms with Crippen LogP contribution in [0.25, 0.3) is 0 Å².